The van der Waals surface area contributed by atoms with Crippen LogP contribution in [0.15, 0.2) is 6.33 Å². The van der Waals surface area contributed by atoms with Crippen molar-refractivity contribution < 1.29 is 9.13 Å². The van der Waals surface area contributed by atoms with Gasteiger partial charge in [0, 0.05) is 26.2 Å². The maximum atomic E-state index is 14.1. The summed E-state index contributed by atoms with van der Waals surface area (Å²) in [6.07, 6.45) is 3.71. The molecule has 6 heteroatoms. The van der Waals surface area contributed by atoms with Gasteiger partial charge in [-0.05, 0) is 26.3 Å². The Hall–Kier alpha value is -1.27. The first-order chi connectivity index (χ1) is 9.22. The minimum absolute atomic E-state index is 0.336. The molecule has 0 aliphatic carbocycles. The van der Waals surface area contributed by atoms with Gasteiger partial charge in [-0.3, -0.25) is 0 Å². The van der Waals surface area contributed by atoms with E-state index < -0.39 is 0 Å². The molecule has 0 amide bonds. The van der Waals surface area contributed by atoms with E-state index in [1.807, 2.05) is 4.90 Å². The van der Waals surface area contributed by atoms with Gasteiger partial charge < -0.3 is 15.0 Å². The molecule has 1 atom stereocenters. The summed E-state index contributed by atoms with van der Waals surface area (Å²) in [7, 11) is 1.65. The summed E-state index contributed by atoms with van der Waals surface area (Å²) in [6, 6.07) is 0.395. The minimum Gasteiger partial charge on any atom is -0.383 e. The van der Waals surface area contributed by atoms with Gasteiger partial charge in [-0.15, -0.1) is 0 Å². The summed E-state index contributed by atoms with van der Waals surface area (Å²) >= 11 is 0. The topological polar surface area (TPSA) is 50.3 Å². The lowest BCUT2D eigenvalue weighted by molar-refractivity contribution is 0.204. The second kappa shape index (κ2) is 6.77. The van der Waals surface area contributed by atoms with E-state index >= 15 is 0 Å². The molecule has 0 saturated carbocycles. The molecule has 0 bridgehead atoms. The largest absolute Gasteiger partial charge is 0.383 e. The molecule has 2 heterocycles. The summed E-state index contributed by atoms with van der Waals surface area (Å²) in [4.78, 5) is 9.91. The number of hydrogen-bond acceptors (Lipinski definition) is 5. The molecule has 2 rings (SSSR count). The number of halogens is 1. The second-order valence-corrected chi connectivity index (χ2v) is 4.83. The first-order valence-corrected chi connectivity index (χ1v) is 6.66. The van der Waals surface area contributed by atoms with Crippen LogP contribution in [0, 0.1) is 12.7 Å². The van der Waals surface area contributed by atoms with Gasteiger partial charge in [0.1, 0.15) is 6.33 Å². The van der Waals surface area contributed by atoms with Crippen molar-refractivity contribution in [2.75, 3.05) is 38.3 Å². The molecule has 1 N–H and O–H groups in total. The van der Waals surface area contributed by atoms with E-state index in [1.54, 1.807) is 14.0 Å². The molecular formula is C13H21FN4O. The van der Waals surface area contributed by atoms with Crippen molar-refractivity contribution in [3.8, 4) is 0 Å². The van der Waals surface area contributed by atoms with Gasteiger partial charge in [0.15, 0.2) is 11.6 Å². The summed E-state index contributed by atoms with van der Waals surface area (Å²) in [5.74, 6) is 0.0369. The van der Waals surface area contributed by atoms with Crippen molar-refractivity contribution in [2.45, 2.75) is 25.8 Å². The Kier molecular flexibility index (Phi) is 5.04. The Bertz CT molecular complexity index is 410. The predicted molar refractivity (Wildman–Crippen MR) is 71.8 cm³/mol. The summed E-state index contributed by atoms with van der Waals surface area (Å²) in [5.41, 5.74) is 0.381. The fraction of sp³-hybridized carbons (Fsp3) is 0.692. The van der Waals surface area contributed by atoms with Gasteiger partial charge >= 0.3 is 0 Å². The van der Waals surface area contributed by atoms with Crippen molar-refractivity contribution in [3.05, 3.63) is 17.8 Å². The fourth-order valence-corrected chi connectivity index (χ4v) is 2.33. The Balaban J connectivity index is 2.13. The molecule has 5 nitrogen and oxygen atoms in total. The van der Waals surface area contributed by atoms with E-state index in [1.165, 1.54) is 12.7 Å². The lowest BCUT2D eigenvalue weighted by Crippen LogP contribution is -2.40. The molecule has 0 radical (unpaired) electrons. The first-order valence-electron chi connectivity index (χ1n) is 6.66. The van der Waals surface area contributed by atoms with Crippen molar-refractivity contribution >= 4 is 5.82 Å². The summed E-state index contributed by atoms with van der Waals surface area (Å²) in [5, 5.41) is 3.42. The van der Waals surface area contributed by atoms with Gasteiger partial charge in [0.2, 0.25) is 0 Å². The van der Waals surface area contributed by atoms with Crippen LogP contribution in [0.1, 0.15) is 18.5 Å². The second-order valence-electron chi connectivity index (χ2n) is 4.83. The van der Waals surface area contributed by atoms with Crippen LogP contribution in [0.4, 0.5) is 10.2 Å². The number of aromatic nitrogens is 2. The Morgan fingerprint density at radius 3 is 3.05 bits per heavy atom. The summed E-state index contributed by atoms with van der Waals surface area (Å²) < 4.78 is 19.2. The molecule has 1 aliphatic rings. The lowest BCUT2D eigenvalue weighted by atomic mass is 10.2. The smallest absolute Gasteiger partial charge is 0.186 e. The van der Waals surface area contributed by atoms with Crippen molar-refractivity contribution in [2.24, 2.45) is 0 Å². The standard InChI is InChI=1S/C13H21FN4O/c1-10-12(14)13(17-9-16-10)18(6-7-19-2)8-11-4-3-5-15-11/h9,11,15H,3-8H2,1-2H3. The molecule has 1 unspecified atom stereocenters. The van der Waals surface area contributed by atoms with Gasteiger partial charge in [0.25, 0.3) is 0 Å². The van der Waals surface area contributed by atoms with Gasteiger partial charge in [0.05, 0.1) is 12.3 Å². The van der Waals surface area contributed by atoms with Gasteiger partial charge in [-0.1, -0.05) is 0 Å². The molecule has 1 aromatic rings. The molecule has 19 heavy (non-hydrogen) atoms. The van der Waals surface area contributed by atoms with E-state index in [2.05, 4.69) is 15.3 Å². The number of hydrogen-bond donors (Lipinski definition) is 1. The van der Waals surface area contributed by atoms with Crippen LogP contribution < -0.4 is 10.2 Å². The maximum Gasteiger partial charge on any atom is 0.186 e. The highest BCUT2D eigenvalue weighted by molar-refractivity contribution is 5.41. The van der Waals surface area contributed by atoms with Crippen molar-refractivity contribution in [1.82, 2.24) is 15.3 Å². The molecule has 0 aromatic carbocycles. The molecule has 1 saturated heterocycles. The number of anilines is 1. The first kappa shape index (κ1) is 14.1. The molecule has 1 aromatic heterocycles. The molecule has 1 aliphatic heterocycles. The lowest BCUT2D eigenvalue weighted by Gasteiger charge is -2.27. The highest BCUT2D eigenvalue weighted by Gasteiger charge is 2.21. The normalized spacial score (nSPS) is 18.8. The van der Waals surface area contributed by atoms with Crippen LogP contribution in [0.5, 0.6) is 0 Å². The number of ether oxygens (including phenoxy) is 1. The van der Waals surface area contributed by atoms with Crippen molar-refractivity contribution in [1.29, 1.82) is 0 Å². The third kappa shape index (κ3) is 3.61. The minimum atomic E-state index is -0.336. The van der Waals surface area contributed by atoms with E-state index in [-0.39, 0.29) is 5.82 Å². The van der Waals surface area contributed by atoms with E-state index in [0.29, 0.717) is 30.7 Å². The number of methoxy groups -OCH3 is 1. The van der Waals surface area contributed by atoms with Crippen LogP contribution in [-0.2, 0) is 4.74 Å². The van der Waals surface area contributed by atoms with E-state index in [9.17, 15) is 4.39 Å². The molecule has 0 spiro atoms. The van der Waals surface area contributed by atoms with Crippen LogP contribution in [0.2, 0.25) is 0 Å². The average molecular weight is 268 g/mol. The van der Waals surface area contributed by atoms with Gasteiger partial charge in [-0.25, -0.2) is 14.4 Å². The summed E-state index contributed by atoms with van der Waals surface area (Å²) in [6.45, 7) is 4.62. The Morgan fingerprint density at radius 1 is 1.53 bits per heavy atom. The number of nitrogens with one attached hydrogen (secondary N) is 1. The van der Waals surface area contributed by atoms with Crippen LogP contribution >= 0.6 is 0 Å². The third-order valence-corrected chi connectivity index (χ3v) is 3.41. The van der Waals surface area contributed by atoms with E-state index in [4.69, 9.17) is 4.74 Å². The number of nitrogens with zero attached hydrogens (tertiary/aromatic N) is 3. The number of rotatable bonds is 6. The highest BCUT2D eigenvalue weighted by Crippen LogP contribution is 2.19. The van der Waals surface area contributed by atoms with Gasteiger partial charge in [-0.2, -0.15) is 0 Å². The maximum absolute atomic E-state index is 14.1. The SMILES string of the molecule is COCCN(CC1CCCN1)c1ncnc(C)c1F. The Labute approximate surface area is 113 Å². The predicted octanol–water partition coefficient (Wildman–Crippen LogP) is 1.13. The monoisotopic (exact) mass is 268 g/mol. The van der Waals surface area contributed by atoms with Crippen LogP contribution in [0.25, 0.3) is 0 Å². The fourth-order valence-electron chi connectivity index (χ4n) is 2.33. The van der Waals surface area contributed by atoms with Crippen molar-refractivity contribution in [3.63, 3.8) is 0 Å². The molecule has 106 valence electrons. The quantitative estimate of drug-likeness (QED) is 0.838. The zero-order chi connectivity index (χ0) is 13.7. The number of aryl methyl sites for hydroxylation is 1. The third-order valence-electron chi connectivity index (χ3n) is 3.41. The zero-order valence-electron chi connectivity index (χ0n) is 11.5. The van der Waals surface area contributed by atoms with Crippen LogP contribution in [0.3, 0.4) is 0 Å². The van der Waals surface area contributed by atoms with E-state index in [0.717, 1.165) is 19.5 Å². The molecular weight excluding hydrogens is 247 g/mol. The van der Waals surface area contributed by atoms with Crippen LogP contribution in [-0.4, -0.2) is 49.4 Å². The molecule has 1 fully saturated rings. The average Bonchev–Trinajstić information content (AvgIpc) is 2.91. The Morgan fingerprint density at radius 2 is 2.37 bits per heavy atom. The zero-order valence-corrected chi connectivity index (χ0v) is 11.5. The highest BCUT2D eigenvalue weighted by atomic mass is 19.1.